The van der Waals surface area contributed by atoms with E-state index in [0.717, 1.165) is 0 Å². The molecule has 0 radical (unpaired) electrons. The molecule has 6 heteroatoms. The van der Waals surface area contributed by atoms with Gasteiger partial charge >= 0.3 is 5.97 Å². The number of sulfonamides is 1. The van der Waals surface area contributed by atoms with Crippen LogP contribution in [0.1, 0.15) is 34.8 Å². The molecule has 0 saturated carbocycles. The van der Waals surface area contributed by atoms with E-state index in [1.165, 1.54) is 15.9 Å². The molecule has 2 rings (SSSR count). The minimum absolute atomic E-state index is 0.0305. The Kier molecular flexibility index (Phi) is 4.20. The lowest BCUT2D eigenvalue weighted by Crippen LogP contribution is -2.35. The quantitative estimate of drug-likeness (QED) is 0.870. The van der Waals surface area contributed by atoms with E-state index in [2.05, 4.69) is 0 Å². The van der Waals surface area contributed by atoms with Gasteiger partial charge in [-0.2, -0.15) is 4.31 Å². The summed E-state index contributed by atoms with van der Waals surface area (Å²) in [7, 11) is -3.66. The average Bonchev–Trinajstić information content (AvgIpc) is 2.38. The number of aromatic carboxylic acids is 1. The van der Waals surface area contributed by atoms with Gasteiger partial charge in [0, 0.05) is 13.1 Å². The van der Waals surface area contributed by atoms with Crippen molar-refractivity contribution in [3.63, 3.8) is 0 Å². The Balaban J connectivity index is 2.50. The topological polar surface area (TPSA) is 74.7 Å². The molecular weight excluding hydrogens is 290 g/mol. The highest BCUT2D eigenvalue weighted by molar-refractivity contribution is 7.89. The summed E-state index contributed by atoms with van der Waals surface area (Å²) in [6, 6.07) is 2.88. The van der Waals surface area contributed by atoms with Crippen LogP contribution in [0.2, 0.25) is 0 Å². The predicted octanol–water partition coefficient (Wildman–Crippen LogP) is 2.34. The van der Waals surface area contributed by atoms with E-state index in [-0.39, 0.29) is 10.5 Å². The van der Waals surface area contributed by atoms with E-state index in [1.54, 1.807) is 19.9 Å². The first kappa shape index (κ1) is 15.7. The normalized spacial score (nSPS) is 16.6. The summed E-state index contributed by atoms with van der Waals surface area (Å²) in [6.45, 7) is 6.10. The summed E-state index contributed by atoms with van der Waals surface area (Å²) in [5.74, 6) is -1.11. The standard InChI is InChI=1S/C15H19NO4S/c1-10-4-6-16(7-5-10)21(19,20)14-9-13(15(17)18)11(2)8-12(14)3/h4,8-9H,5-7H2,1-3H3,(H,17,18). The number of carboxylic acid groups (broad SMARTS) is 1. The molecule has 1 N–H and O–H groups in total. The van der Waals surface area contributed by atoms with E-state index < -0.39 is 16.0 Å². The Morgan fingerprint density at radius 1 is 1.19 bits per heavy atom. The third kappa shape index (κ3) is 3.01. The van der Waals surface area contributed by atoms with Gasteiger partial charge in [-0.15, -0.1) is 0 Å². The van der Waals surface area contributed by atoms with Crippen molar-refractivity contribution in [2.75, 3.05) is 13.1 Å². The van der Waals surface area contributed by atoms with Crippen LogP contribution >= 0.6 is 0 Å². The molecule has 1 aliphatic heterocycles. The van der Waals surface area contributed by atoms with Crippen LogP contribution in [0.4, 0.5) is 0 Å². The fourth-order valence-corrected chi connectivity index (χ4v) is 4.06. The van der Waals surface area contributed by atoms with Crippen molar-refractivity contribution >= 4 is 16.0 Å². The van der Waals surface area contributed by atoms with Crippen LogP contribution in [-0.4, -0.2) is 36.9 Å². The van der Waals surface area contributed by atoms with Gasteiger partial charge in [0.25, 0.3) is 0 Å². The maximum absolute atomic E-state index is 12.7. The molecule has 1 heterocycles. The number of hydrogen-bond donors (Lipinski definition) is 1. The number of carboxylic acids is 1. The number of nitrogens with zero attached hydrogens (tertiary/aromatic N) is 1. The SMILES string of the molecule is CC1=CCN(S(=O)(=O)c2cc(C(=O)O)c(C)cc2C)CC1. The van der Waals surface area contributed by atoms with Gasteiger partial charge < -0.3 is 5.11 Å². The summed E-state index contributed by atoms with van der Waals surface area (Å²) in [5, 5.41) is 9.17. The van der Waals surface area contributed by atoms with Crippen LogP contribution in [-0.2, 0) is 10.0 Å². The predicted molar refractivity (Wildman–Crippen MR) is 80.0 cm³/mol. The van der Waals surface area contributed by atoms with Crippen LogP contribution in [0.15, 0.2) is 28.7 Å². The zero-order valence-corrected chi connectivity index (χ0v) is 13.2. The highest BCUT2D eigenvalue weighted by Gasteiger charge is 2.28. The first-order valence-electron chi connectivity index (χ1n) is 6.74. The van der Waals surface area contributed by atoms with Gasteiger partial charge in [-0.3, -0.25) is 0 Å². The van der Waals surface area contributed by atoms with Crippen molar-refractivity contribution in [2.24, 2.45) is 0 Å². The van der Waals surface area contributed by atoms with E-state index in [4.69, 9.17) is 0 Å². The third-order valence-electron chi connectivity index (χ3n) is 3.77. The summed E-state index contributed by atoms with van der Waals surface area (Å²) >= 11 is 0. The van der Waals surface area contributed by atoms with Crippen molar-refractivity contribution in [3.05, 3.63) is 40.5 Å². The molecule has 0 fully saturated rings. The van der Waals surface area contributed by atoms with Gasteiger partial charge in [0.15, 0.2) is 0 Å². The third-order valence-corrected chi connectivity index (χ3v) is 5.78. The van der Waals surface area contributed by atoms with E-state index in [0.29, 0.717) is 30.6 Å². The molecule has 1 aliphatic rings. The number of hydrogen-bond acceptors (Lipinski definition) is 3. The lowest BCUT2D eigenvalue weighted by atomic mass is 10.1. The van der Waals surface area contributed by atoms with E-state index in [9.17, 15) is 18.3 Å². The summed E-state index contributed by atoms with van der Waals surface area (Å²) in [4.78, 5) is 11.3. The molecule has 0 saturated heterocycles. The van der Waals surface area contributed by atoms with Gasteiger partial charge in [0.2, 0.25) is 10.0 Å². The zero-order valence-electron chi connectivity index (χ0n) is 12.4. The van der Waals surface area contributed by atoms with Crippen LogP contribution in [0.3, 0.4) is 0 Å². The highest BCUT2D eigenvalue weighted by atomic mass is 32.2. The molecule has 21 heavy (non-hydrogen) atoms. The van der Waals surface area contributed by atoms with Crippen LogP contribution in [0, 0.1) is 13.8 Å². The van der Waals surface area contributed by atoms with Crippen molar-refractivity contribution in [1.29, 1.82) is 0 Å². The van der Waals surface area contributed by atoms with Crippen LogP contribution < -0.4 is 0 Å². The van der Waals surface area contributed by atoms with Gasteiger partial charge in [-0.1, -0.05) is 17.7 Å². The molecule has 0 aliphatic carbocycles. The second-order valence-electron chi connectivity index (χ2n) is 5.40. The van der Waals surface area contributed by atoms with Gasteiger partial charge in [0.1, 0.15) is 0 Å². The fraction of sp³-hybridized carbons (Fsp3) is 0.400. The Morgan fingerprint density at radius 2 is 1.86 bits per heavy atom. The molecule has 0 unspecified atom stereocenters. The molecule has 5 nitrogen and oxygen atoms in total. The van der Waals surface area contributed by atoms with Gasteiger partial charge in [-0.05, 0) is 44.4 Å². The fourth-order valence-electron chi connectivity index (χ4n) is 2.45. The molecule has 0 atom stereocenters. The second-order valence-corrected chi connectivity index (χ2v) is 7.31. The zero-order chi connectivity index (χ0) is 15.8. The minimum atomic E-state index is -3.66. The first-order valence-corrected chi connectivity index (χ1v) is 8.18. The lowest BCUT2D eigenvalue weighted by Gasteiger charge is -2.25. The minimum Gasteiger partial charge on any atom is -0.478 e. The molecule has 0 amide bonds. The van der Waals surface area contributed by atoms with Gasteiger partial charge in [0.05, 0.1) is 10.5 Å². The molecule has 1 aromatic rings. The maximum atomic E-state index is 12.7. The van der Waals surface area contributed by atoms with Crippen molar-refractivity contribution in [2.45, 2.75) is 32.1 Å². The number of carbonyl (C=O) groups is 1. The molecule has 0 spiro atoms. The second kappa shape index (κ2) is 5.61. The molecule has 114 valence electrons. The maximum Gasteiger partial charge on any atom is 0.335 e. The molecular formula is C15H19NO4S. The Morgan fingerprint density at radius 3 is 2.38 bits per heavy atom. The number of aryl methyl sites for hydroxylation is 2. The molecule has 1 aromatic carbocycles. The summed E-state index contributed by atoms with van der Waals surface area (Å²) in [5.41, 5.74) is 2.34. The highest BCUT2D eigenvalue weighted by Crippen LogP contribution is 2.26. The van der Waals surface area contributed by atoms with Crippen molar-refractivity contribution in [3.8, 4) is 0 Å². The largest absolute Gasteiger partial charge is 0.478 e. The monoisotopic (exact) mass is 309 g/mol. The van der Waals surface area contributed by atoms with Crippen molar-refractivity contribution < 1.29 is 18.3 Å². The summed E-state index contributed by atoms with van der Waals surface area (Å²) < 4.78 is 26.8. The Hall–Kier alpha value is -1.66. The van der Waals surface area contributed by atoms with E-state index >= 15 is 0 Å². The lowest BCUT2D eigenvalue weighted by molar-refractivity contribution is 0.0696. The van der Waals surface area contributed by atoms with Gasteiger partial charge in [-0.25, -0.2) is 13.2 Å². The molecule has 0 aromatic heterocycles. The first-order chi connectivity index (χ1) is 9.73. The average molecular weight is 309 g/mol. The number of benzene rings is 1. The number of rotatable bonds is 3. The molecule has 0 bridgehead atoms. The van der Waals surface area contributed by atoms with Crippen molar-refractivity contribution in [1.82, 2.24) is 4.31 Å². The smallest absolute Gasteiger partial charge is 0.335 e. The Labute approximate surface area is 124 Å². The Bertz CT molecular complexity index is 719. The van der Waals surface area contributed by atoms with Crippen LogP contribution in [0.5, 0.6) is 0 Å². The summed E-state index contributed by atoms with van der Waals surface area (Å²) in [6.07, 6.45) is 2.60. The van der Waals surface area contributed by atoms with Crippen LogP contribution in [0.25, 0.3) is 0 Å². The van der Waals surface area contributed by atoms with E-state index in [1.807, 2.05) is 13.0 Å².